The Morgan fingerprint density at radius 3 is 2.38 bits per heavy atom. The van der Waals surface area contributed by atoms with E-state index >= 15 is 0 Å². The van der Waals surface area contributed by atoms with Gasteiger partial charge in [0.15, 0.2) is 0 Å². The monoisotopic (exact) mass is 348 g/mol. The molecule has 0 atom stereocenters. The summed E-state index contributed by atoms with van der Waals surface area (Å²) < 4.78 is 5.72. The van der Waals surface area contributed by atoms with Gasteiger partial charge in [-0.3, -0.25) is 14.9 Å². The van der Waals surface area contributed by atoms with Crippen molar-refractivity contribution < 1.29 is 14.5 Å². The summed E-state index contributed by atoms with van der Waals surface area (Å²) in [6, 6.07) is 20.6. The number of amides is 1. The van der Waals surface area contributed by atoms with Crippen molar-refractivity contribution in [3.05, 3.63) is 94.0 Å². The Hall–Kier alpha value is -3.67. The highest BCUT2D eigenvalue weighted by Gasteiger charge is 2.15. The van der Waals surface area contributed by atoms with Crippen molar-refractivity contribution in [1.29, 1.82) is 0 Å². The van der Waals surface area contributed by atoms with Crippen LogP contribution in [0, 0.1) is 17.0 Å². The number of rotatable bonds is 5. The SMILES string of the molecule is Cc1c(NC(=O)c2cccc(Oc3ccccc3)c2)cccc1[N+](=O)[O-]. The fourth-order valence-electron chi connectivity index (χ4n) is 2.48. The number of nitro benzene ring substituents is 1. The molecule has 3 aromatic rings. The summed E-state index contributed by atoms with van der Waals surface area (Å²) in [5.74, 6) is 0.825. The summed E-state index contributed by atoms with van der Waals surface area (Å²) >= 11 is 0. The number of nitrogens with zero attached hydrogens (tertiary/aromatic N) is 1. The predicted octanol–water partition coefficient (Wildman–Crippen LogP) is 4.95. The lowest BCUT2D eigenvalue weighted by molar-refractivity contribution is -0.385. The van der Waals surface area contributed by atoms with Crippen molar-refractivity contribution in [1.82, 2.24) is 0 Å². The first kappa shape index (κ1) is 17.2. The summed E-state index contributed by atoms with van der Waals surface area (Å²) in [5, 5.41) is 13.7. The maximum absolute atomic E-state index is 12.5. The molecule has 1 N–H and O–H groups in total. The fraction of sp³-hybridized carbons (Fsp3) is 0.0500. The zero-order valence-corrected chi connectivity index (χ0v) is 14.0. The largest absolute Gasteiger partial charge is 0.457 e. The van der Waals surface area contributed by atoms with Gasteiger partial charge in [-0.1, -0.05) is 30.3 Å². The summed E-state index contributed by atoms with van der Waals surface area (Å²) in [7, 11) is 0. The van der Waals surface area contributed by atoms with Gasteiger partial charge in [0, 0.05) is 11.6 Å². The lowest BCUT2D eigenvalue weighted by Crippen LogP contribution is -2.13. The first-order valence-electron chi connectivity index (χ1n) is 7.93. The molecule has 26 heavy (non-hydrogen) atoms. The first-order valence-corrected chi connectivity index (χ1v) is 7.93. The summed E-state index contributed by atoms with van der Waals surface area (Å²) in [5.41, 5.74) is 1.16. The lowest BCUT2D eigenvalue weighted by atomic mass is 10.1. The van der Waals surface area contributed by atoms with Crippen molar-refractivity contribution in [2.24, 2.45) is 0 Å². The summed E-state index contributed by atoms with van der Waals surface area (Å²) in [4.78, 5) is 23.1. The van der Waals surface area contributed by atoms with Crippen LogP contribution in [0.3, 0.4) is 0 Å². The zero-order valence-electron chi connectivity index (χ0n) is 14.0. The van der Waals surface area contributed by atoms with Crippen molar-refractivity contribution in [3.63, 3.8) is 0 Å². The second-order valence-electron chi connectivity index (χ2n) is 5.60. The van der Waals surface area contributed by atoms with Crippen LogP contribution in [-0.4, -0.2) is 10.8 Å². The molecule has 0 aliphatic carbocycles. The van der Waals surface area contributed by atoms with E-state index in [4.69, 9.17) is 4.74 Å². The molecule has 0 spiro atoms. The number of hydrogen-bond donors (Lipinski definition) is 1. The Bertz CT molecular complexity index is 955. The van der Waals surface area contributed by atoms with Crippen molar-refractivity contribution in [2.45, 2.75) is 6.92 Å². The van der Waals surface area contributed by atoms with Gasteiger partial charge >= 0.3 is 0 Å². The van der Waals surface area contributed by atoms with E-state index in [1.165, 1.54) is 12.1 Å². The number of carbonyl (C=O) groups excluding carboxylic acids is 1. The molecule has 3 aromatic carbocycles. The van der Waals surface area contributed by atoms with Crippen molar-refractivity contribution in [2.75, 3.05) is 5.32 Å². The lowest BCUT2D eigenvalue weighted by Gasteiger charge is -2.10. The highest BCUT2D eigenvalue weighted by Crippen LogP contribution is 2.26. The van der Waals surface area contributed by atoms with Gasteiger partial charge in [0.25, 0.3) is 11.6 Å². The second kappa shape index (κ2) is 7.48. The molecular formula is C20H16N2O4. The first-order chi connectivity index (χ1) is 12.5. The number of benzene rings is 3. The van der Waals surface area contributed by atoms with Crippen molar-refractivity contribution in [3.8, 4) is 11.5 Å². The number of nitro groups is 1. The van der Waals surface area contributed by atoms with E-state index in [1.807, 2.05) is 30.3 Å². The quantitative estimate of drug-likeness (QED) is 0.522. The number of carbonyl (C=O) groups is 1. The van der Waals surface area contributed by atoms with Crippen LogP contribution in [-0.2, 0) is 0 Å². The van der Waals surface area contributed by atoms with Crippen LogP contribution in [0.4, 0.5) is 11.4 Å². The predicted molar refractivity (Wildman–Crippen MR) is 98.7 cm³/mol. The van der Waals surface area contributed by atoms with Crippen molar-refractivity contribution >= 4 is 17.3 Å². The molecule has 0 fully saturated rings. The minimum absolute atomic E-state index is 0.0380. The third kappa shape index (κ3) is 3.87. The fourth-order valence-corrected chi connectivity index (χ4v) is 2.48. The van der Waals surface area contributed by atoms with Gasteiger partial charge in [-0.2, -0.15) is 0 Å². The molecule has 0 heterocycles. The molecule has 1 amide bonds. The normalized spacial score (nSPS) is 10.2. The number of nitrogens with one attached hydrogen (secondary N) is 1. The molecule has 0 unspecified atom stereocenters. The summed E-state index contributed by atoms with van der Waals surface area (Å²) in [6.45, 7) is 1.60. The highest BCUT2D eigenvalue weighted by atomic mass is 16.6. The second-order valence-corrected chi connectivity index (χ2v) is 5.60. The highest BCUT2D eigenvalue weighted by molar-refractivity contribution is 6.05. The molecule has 6 heteroatoms. The van der Waals surface area contributed by atoms with Gasteiger partial charge in [-0.15, -0.1) is 0 Å². The van der Waals surface area contributed by atoms with E-state index in [2.05, 4.69) is 5.32 Å². The van der Waals surface area contributed by atoms with Gasteiger partial charge in [0.1, 0.15) is 11.5 Å². The van der Waals surface area contributed by atoms with Gasteiger partial charge in [0.2, 0.25) is 0 Å². The molecule has 3 rings (SSSR count). The molecule has 0 saturated heterocycles. The third-order valence-corrected chi connectivity index (χ3v) is 3.83. The minimum atomic E-state index is -0.473. The van der Waals surface area contributed by atoms with Crippen LogP contribution in [0.5, 0.6) is 11.5 Å². The van der Waals surface area contributed by atoms with Gasteiger partial charge in [-0.25, -0.2) is 0 Å². The standard InChI is InChI=1S/C20H16N2O4/c1-14-18(11-6-12-19(14)22(24)25)21-20(23)15-7-5-10-17(13-15)26-16-8-3-2-4-9-16/h2-13H,1H3,(H,21,23). The molecule has 0 aliphatic heterocycles. The molecule has 6 nitrogen and oxygen atoms in total. The third-order valence-electron chi connectivity index (χ3n) is 3.83. The summed E-state index contributed by atoms with van der Waals surface area (Å²) in [6.07, 6.45) is 0. The molecule has 130 valence electrons. The number of ether oxygens (including phenoxy) is 1. The van der Waals surface area contributed by atoms with E-state index in [0.29, 0.717) is 28.3 Å². The molecule has 0 radical (unpaired) electrons. The number of anilines is 1. The average Bonchev–Trinajstić information content (AvgIpc) is 2.64. The molecule has 0 aliphatic rings. The minimum Gasteiger partial charge on any atom is -0.457 e. The Morgan fingerprint density at radius 2 is 1.65 bits per heavy atom. The topological polar surface area (TPSA) is 81.5 Å². The van der Waals surface area contributed by atoms with E-state index in [-0.39, 0.29) is 11.6 Å². The number of para-hydroxylation sites is 1. The Morgan fingerprint density at radius 1 is 0.962 bits per heavy atom. The Labute approximate surface area is 150 Å². The van der Waals surface area contributed by atoms with Crippen LogP contribution in [0.25, 0.3) is 0 Å². The molecule has 0 aromatic heterocycles. The van der Waals surface area contributed by atoms with Crippen LogP contribution in [0.1, 0.15) is 15.9 Å². The van der Waals surface area contributed by atoms with Gasteiger partial charge < -0.3 is 10.1 Å². The van der Waals surface area contributed by atoms with E-state index < -0.39 is 4.92 Å². The van der Waals surface area contributed by atoms with E-state index in [9.17, 15) is 14.9 Å². The van der Waals surface area contributed by atoms with Gasteiger partial charge in [-0.05, 0) is 43.3 Å². The molecule has 0 bridgehead atoms. The number of hydrogen-bond acceptors (Lipinski definition) is 4. The van der Waals surface area contributed by atoms with Crippen LogP contribution in [0.15, 0.2) is 72.8 Å². The average molecular weight is 348 g/mol. The Balaban J connectivity index is 1.80. The van der Waals surface area contributed by atoms with Crippen LogP contribution in [0.2, 0.25) is 0 Å². The van der Waals surface area contributed by atoms with Crippen LogP contribution < -0.4 is 10.1 Å². The maximum atomic E-state index is 12.5. The van der Waals surface area contributed by atoms with E-state index in [1.54, 1.807) is 37.3 Å². The Kier molecular flexibility index (Phi) is 4.94. The smallest absolute Gasteiger partial charge is 0.274 e. The van der Waals surface area contributed by atoms with E-state index in [0.717, 1.165) is 0 Å². The molecule has 0 saturated carbocycles. The maximum Gasteiger partial charge on any atom is 0.274 e. The zero-order chi connectivity index (χ0) is 18.5. The van der Waals surface area contributed by atoms with Gasteiger partial charge in [0.05, 0.1) is 16.2 Å². The molecular weight excluding hydrogens is 332 g/mol. The van der Waals surface area contributed by atoms with Crippen LogP contribution >= 0.6 is 0 Å².